The van der Waals surface area contributed by atoms with E-state index in [1.165, 1.54) is 7.11 Å². The number of hydrogen-bond donors (Lipinski definition) is 1. The minimum Gasteiger partial charge on any atom is -0.481 e. The maximum Gasteiger partial charge on any atom is 0.313 e. The van der Waals surface area contributed by atoms with Crippen LogP contribution in [0.4, 0.5) is 0 Å². The second-order valence-electron chi connectivity index (χ2n) is 7.51. The number of methoxy groups -OCH3 is 1. The number of aliphatic carboxylic acids is 1. The number of carbonyl (C=O) groups excluding carboxylic acids is 1. The second-order valence-corrected chi connectivity index (χ2v) is 7.51. The number of aryl methyl sites for hydroxylation is 1. The molecular weight excluding hydrogens is 358 g/mol. The number of ether oxygens (including phenoxy) is 1. The van der Waals surface area contributed by atoms with Crippen molar-refractivity contribution in [1.82, 2.24) is 14.7 Å². The van der Waals surface area contributed by atoms with Gasteiger partial charge in [0.2, 0.25) is 5.91 Å². The number of aromatic nitrogens is 2. The molecule has 1 aliphatic heterocycles. The van der Waals surface area contributed by atoms with E-state index in [0.717, 1.165) is 22.6 Å². The second kappa shape index (κ2) is 8.14. The molecule has 0 spiro atoms. The Morgan fingerprint density at radius 1 is 1.25 bits per heavy atom. The summed E-state index contributed by atoms with van der Waals surface area (Å²) in [6, 6.07) is 9.80. The molecule has 1 aliphatic rings. The molecule has 0 aliphatic carbocycles. The van der Waals surface area contributed by atoms with Gasteiger partial charge in [-0.15, -0.1) is 0 Å². The zero-order valence-corrected chi connectivity index (χ0v) is 16.6. The summed E-state index contributed by atoms with van der Waals surface area (Å²) in [6.07, 6.45) is 1.39. The average molecular weight is 385 g/mol. The highest BCUT2D eigenvalue weighted by Gasteiger charge is 2.43. The van der Waals surface area contributed by atoms with Crippen LogP contribution in [0.25, 0.3) is 5.69 Å². The molecule has 1 aromatic carbocycles. The number of benzene rings is 1. The van der Waals surface area contributed by atoms with Crippen LogP contribution in [0.15, 0.2) is 30.3 Å². The molecule has 0 bridgehead atoms. The lowest BCUT2D eigenvalue weighted by Gasteiger charge is -2.39. The lowest BCUT2D eigenvalue weighted by Crippen LogP contribution is -2.52. The third-order valence-corrected chi connectivity index (χ3v) is 5.57. The standard InChI is InChI=1S/C21H27N3O4/c1-15-18(16(2)24(22-15)17-8-5-4-6-9-17)12-19(25)23-11-7-10-21(13-23,14-28-3)20(26)27/h4-6,8-9H,7,10-14H2,1-3H3,(H,26,27). The first-order valence-electron chi connectivity index (χ1n) is 9.48. The van der Waals surface area contributed by atoms with Crippen LogP contribution in [0.2, 0.25) is 0 Å². The van der Waals surface area contributed by atoms with Crippen LogP contribution in [-0.4, -0.2) is 58.5 Å². The summed E-state index contributed by atoms with van der Waals surface area (Å²) in [6.45, 7) is 4.72. The van der Waals surface area contributed by atoms with Crippen molar-refractivity contribution in [3.05, 3.63) is 47.3 Å². The molecule has 0 radical (unpaired) electrons. The number of carboxylic acids is 1. The highest BCUT2D eigenvalue weighted by molar-refractivity contribution is 5.81. The van der Waals surface area contributed by atoms with Crippen molar-refractivity contribution in [2.75, 3.05) is 26.8 Å². The molecule has 1 amide bonds. The van der Waals surface area contributed by atoms with Gasteiger partial charge in [-0.05, 0) is 38.8 Å². The van der Waals surface area contributed by atoms with Gasteiger partial charge in [-0.3, -0.25) is 9.59 Å². The van der Waals surface area contributed by atoms with Crippen LogP contribution in [0.5, 0.6) is 0 Å². The fourth-order valence-corrected chi connectivity index (χ4v) is 3.99. The van der Waals surface area contributed by atoms with Crippen LogP contribution >= 0.6 is 0 Å². The number of hydrogen-bond acceptors (Lipinski definition) is 4. The summed E-state index contributed by atoms with van der Waals surface area (Å²) >= 11 is 0. The van der Waals surface area contributed by atoms with E-state index in [0.29, 0.717) is 19.4 Å². The third kappa shape index (κ3) is 3.80. The lowest BCUT2D eigenvalue weighted by molar-refractivity contribution is -0.159. The maximum atomic E-state index is 13.0. The van der Waals surface area contributed by atoms with Gasteiger partial charge < -0.3 is 14.7 Å². The van der Waals surface area contributed by atoms with Crippen LogP contribution in [0, 0.1) is 19.3 Å². The van der Waals surface area contributed by atoms with E-state index in [-0.39, 0.29) is 25.5 Å². The number of rotatable bonds is 6. The molecule has 1 fully saturated rings. The Morgan fingerprint density at radius 3 is 2.61 bits per heavy atom. The molecule has 7 nitrogen and oxygen atoms in total. The number of likely N-dealkylation sites (tertiary alicyclic amines) is 1. The van der Waals surface area contributed by atoms with Crippen molar-refractivity contribution in [2.45, 2.75) is 33.1 Å². The number of amides is 1. The Morgan fingerprint density at radius 2 is 1.96 bits per heavy atom. The first-order valence-corrected chi connectivity index (χ1v) is 9.48. The summed E-state index contributed by atoms with van der Waals surface area (Å²) in [5.41, 5.74) is 2.56. The predicted molar refractivity (Wildman–Crippen MR) is 105 cm³/mol. The largest absolute Gasteiger partial charge is 0.481 e. The van der Waals surface area contributed by atoms with Gasteiger partial charge in [0.05, 0.1) is 24.4 Å². The van der Waals surface area contributed by atoms with E-state index >= 15 is 0 Å². The molecule has 1 atom stereocenters. The van der Waals surface area contributed by atoms with E-state index in [2.05, 4.69) is 5.10 Å². The first kappa shape index (κ1) is 20.1. The van der Waals surface area contributed by atoms with E-state index in [9.17, 15) is 14.7 Å². The smallest absolute Gasteiger partial charge is 0.313 e. The highest BCUT2D eigenvalue weighted by atomic mass is 16.5. The predicted octanol–water partition coefficient (Wildman–Crippen LogP) is 2.37. The number of carboxylic acid groups (broad SMARTS) is 1. The minimum atomic E-state index is -1.03. The Bertz CT molecular complexity index is 858. The Hall–Kier alpha value is -2.67. The summed E-state index contributed by atoms with van der Waals surface area (Å²) in [7, 11) is 1.50. The Labute approximate surface area is 164 Å². The first-order chi connectivity index (χ1) is 13.4. The van der Waals surface area contributed by atoms with Crippen LogP contribution < -0.4 is 0 Å². The van der Waals surface area contributed by atoms with Gasteiger partial charge in [0, 0.05) is 31.5 Å². The van der Waals surface area contributed by atoms with E-state index in [1.807, 2.05) is 48.9 Å². The van der Waals surface area contributed by atoms with Crippen LogP contribution in [0.3, 0.4) is 0 Å². The zero-order chi connectivity index (χ0) is 20.3. The number of piperidine rings is 1. The summed E-state index contributed by atoms with van der Waals surface area (Å²) in [5.74, 6) is -0.976. The van der Waals surface area contributed by atoms with Crippen molar-refractivity contribution in [1.29, 1.82) is 0 Å². The van der Waals surface area contributed by atoms with Gasteiger partial charge in [-0.1, -0.05) is 18.2 Å². The van der Waals surface area contributed by atoms with Gasteiger partial charge in [-0.2, -0.15) is 5.10 Å². The van der Waals surface area contributed by atoms with Gasteiger partial charge in [-0.25, -0.2) is 4.68 Å². The van der Waals surface area contributed by atoms with Crippen molar-refractivity contribution in [3.8, 4) is 5.69 Å². The Kier molecular flexibility index (Phi) is 5.84. The number of para-hydroxylation sites is 1. The highest BCUT2D eigenvalue weighted by Crippen LogP contribution is 2.31. The van der Waals surface area contributed by atoms with Gasteiger partial charge in [0.15, 0.2) is 0 Å². The normalized spacial score (nSPS) is 19.6. The molecule has 1 aromatic heterocycles. The lowest BCUT2D eigenvalue weighted by atomic mass is 9.80. The monoisotopic (exact) mass is 385 g/mol. The van der Waals surface area contributed by atoms with Crippen molar-refractivity contribution < 1.29 is 19.4 Å². The molecule has 2 aromatic rings. The summed E-state index contributed by atoms with van der Waals surface area (Å²) in [5, 5.41) is 14.3. The van der Waals surface area contributed by atoms with Crippen LogP contribution in [0.1, 0.15) is 29.8 Å². The topological polar surface area (TPSA) is 84.7 Å². The van der Waals surface area contributed by atoms with Crippen molar-refractivity contribution in [2.24, 2.45) is 5.41 Å². The molecule has 28 heavy (non-hydrogen) atoms. The zero-order valence-electron chi connectivity index (χ0n) is 16.6. The number of nitrogens with zero attached hydrogens (tertiary/aromatic N) is 3. The maximum absolute atomic E-state index is 13.0. The van der Waals surface area contributed by atoms with Gasteiger partial charge in [0.1, 0.15) is 5.41 Å². The van der Waals surface area contributed by atoms with E-state index < -0.39 is 11.4 Å². The van der Waals surface area contributed by atoms with E-state index in [4.69, 9.17) is 4.74 Å². The van der Waals surface area contributed by atoms with Crippen molar-refractivity contribution in [3.63, 3.8) is 0 Å². The molecule has 1 N–H and O–H groups in total. The summed E-state index contributed by atoms with van der Waals surface area (Å²) < 4.78 is 7.00. The fraction of sp³-hybridized carbons (Fsp3) is 0.476. The molecule has 0 saturated carbocycles. The molecule has 2 heterocycles. The fourth-order valence-electron chi connectivity index (χ4n) is 3.99. The minimum absolute atomic E-state index is 0.0692. The number of carbonyl (C=O) groups is 2. The van der Waals surface area contributed by atoms with Crippen LogP contribution in [-0.2, 0) is 20.7 Å². The molecule has 1 unspecified atom stereocenters. The van der Waals surface area contributed by atoms with Crippen molar-refractivity contribution >= 4 is 11.9 Å². The average Bonchev–Trinajstić information content (AvgIpc) is 2.97. The SMILES string of the molecule is COCC1(C(=O)O)CCCN(C(=O)Cc2c(C)nn(-c3ccccc3)c2C)C1. The van der Waals surface area contributed by atoms with E-state index in [1.54, 1.807) is 4.90 Å². The quantitative estimate of drug-likeness (QED) is 0.825. The molecule has 1 saturated heterocycles. The van der Waals surface area contributed by atoms with Gasteiger partial charge in [0.25, 0.3) is 0 Å². The third-order valence-electron chi connectivity index (χ3n) is 5.57. The summed E-state index contributed by atoms with van der Waals surface area (Å²) in [4.78, 5) is 26.5. The van der Waals surface area contributed by atoms with Gasteiger partial charge >= 0.3 is 5.97 Å². The molecule has 150 valence electrons. The molecule has 3 rings (SSSR count). The molecular formula is C21H27N3O4. The Balaban J connectivity index is 1.80. The molecule has 7 heteroatoms.